The first-order valence-electron chi connectivity index (χ1n) is 11.1. The summed E-state index contributed by atoms with van der Waals surface area (Å²) in [6, 6.07) is 9.04. The maximum Gasteiger partial charge on any atom is 0.163 e. The second kappa shape index (κ2) is 11.2. The van der Waals surface area contributed by atoms with Gasteiger partial charge in [0.2, 0.25) is 0 Å². The van der Waals surface area contributed by atoms with Gasteiger partial charge < -0.3 is 19.5 Å². The van der Waals surface area contributed by atoms with Crippen LogP contribution in [0.25, 0.3) is 10.9 Å². The number of benzene rings is 2. The largest absolute Gasteiger partial charge is 0.493 e. The van der Waals surface area contributed by atoms with Crippen LogP contribution in [0.2, 0.25) is 10.0 Å². The lowest BCUT2D eigenvalue weighted by Gasteiger charge is -2.32. The van der Waals surface area contributed by atoms with Crippen molar-refractivity contribution in [3.8, 4) is 11.5 Å². The van der Waals surface area contributed by atoms with Crippen molar-refractivity contribution in [2.75, 3.05) is 45.3 Å². The zero-order valence-electron chi connectivity index (χ0n) is 19.5. The van der Waals surface area contributed by atoms with Gasteiger partial charge in [-0.2, -0.15) is 0 Å². The third-order valence-electron chi connectivity index (χ3n) is 5.51. The zero-order chi connectivity index (χ0) is 24.1. The van der Waals surface area contributed by atoms with Crippen LogP contribution in [-0.4, -0.2) is 60.9 Å². The van der Waals surface area contributed by atoms with Crippen molar-refractivity contribution in [2.45, 2.75) is 20.0 Å². The van der Waals surface area contributed by atoms with Gasteiger partial charge in [-0.05, 0) is 38.1 Å². The molecule has 1 unspecified atom stereocenters. The summed E-state index contributed by atoms with van der Waals surface area (Å²) < 4.78 is 17.7. The molecule has 3 aromatic rings. The molecule has 4 rings (SSSR count). The molecule has 0 saturated carbocycles. The minimum atomic E-state index is -0.0167. The quantitative estimate of drug-likeness (QED) is 0.394. The van der Waals surface area contributed by atoms with Crippen molar-refractivity contribution in [3.63, 3.8) is 0 Å². The number of allylic oxidation sites excluding steroid dienone is 1. The minimum Gasteiger partial charge on any atom is -0.493 e. The summed E-state index contributed by atoms with van der Waals surface area (Å²) >= 11 is 12.2. The van der Waals surface area contributed by atoms with Crippen molar-refractivity contribution in [2.24, 2.45) is 0 Å². The minimum absolute atomic E-state index is 0.0167. The van der Waals surface area contributed by atoms with Gasteiger partial charge in [0.1, 0.15) is 24.9 Å². The molecule has 1 saturated heterocycles. The highest BCUT2D eigenvalue weighted by Crippen LogP contribution is 2.35. The molecule has 1 fully saturated rings. The molecule has 0 radical (unpaired) electrons. The number of methoxy groups -OCH3 is 1. The Morgan fingerprint density at radius 1 is 1.18 bits per heavy atom. The van der Waals surface area contributed by atoms with E-state index in [1.54, 1.807) is 19.2 Å². The van der Waals surface area contributed by atoms with E-state index >= 15 is 0 Å². The highest BCUT2D eigenvalue weighted by Gasteiger charge is 2.21. The molecule has 1 aromatic heterocycles. The number of rotatable bonds is 8. The maximum atomic E-state index is 6.15. The van der Waals surface area contributed by atoms with E-state index in [4.69, 9.17) is 37.4 Å². The molecular weight excluding hydrogens is 475 g/mol. The number of hydrogen-bond donors (Lipinski definition) is 1. The van der Waals surface area contributed by atoms with Crippen LogP contribution in [0.5, 0.6) is 11.5 Å². The van der Waals surface area contributed by atoms with E-state index in [2.05, 4.69) is 40.1 Å². The summed E-state index contributed by atoms with van der Waals surface area (Å²) in [5.41, 5.74) is 2.80. The summed E-state index contributed by atoms with van der Waals surface area (Å²) in [5, 5.41) is 5.02. The van der Waals surface area contributed by atoms with Gasteiger partial charge in [0.25, 0.3) is 0 Å². The van der Waals surface area contributed by atoms with Crippen LogP contribution in [0.3, 0.4) is 0 Å². The second-order valence-electron chi connectivity index (χ2n) is 8.34. The van der Waals surface area contributed by atoms with Crippen molar-refractivity contribution in [3.05, 3.63) is 58.4 Å². The predicted octanol–water partition coefficient (Wildman–Crippen LogP) is 5.73. The average Bonchev–Trinajstić information content (AvgIpc) is 2.83. The van der Waals surface area contributed by atoms with Gasteiger partial charge in [-0.25, -0.2) is 9.97 Å². The first kappa shape index (κ1) is 24.5. The van der Waals surface area contributed by atoms with Crippen LogP contribution < -0.4 is 14.8 Å². The number of hydrogen-bond acceptors (Lipinski definition) is 7. The van der Waals surface area contributed by atoms with Crippen LogP contribution in [-0.2, 0) is 4.74 Å². The molecule has 0 amide bonds. The van der Waals surface area contributed by atoms with E-state index in [1.165, 1.54) is 11.9 Å². The third kappa shape index (κ3) is 6.10. The SMILES string of the molecule is COc1cc2c(Nc3ccc(Cl)c(Cl)c3)ncnc2cc1OCC1CN(CC=C(C)C)CCO1. The lowest BCUT2D eigenvalue weighted by molar-refractivity contribution is -0.0449. The normalized spacial score (nSPS) is 16.3. The zero-order valence-corrected chi connectivity index (χ0v) is 21.0. The number of ether oxygens (including phenoxy) is 3. The molecule has 0 bridgehead atoms. The topological polar surface area (TPSA) is 68.7 Å². The Labute approximate surface area is 209 Å². The Hall–Kier alpha value is -2.58. The summed E-state index contributed by atoms with van der Waals surface area (Å²) in [6.07, 6.45) is 3.72. The fourth-order valence-corrected chi connectivity index (χ4v) is 3.99. The number of aromatic nitrogens is 2. The second-order valence-corrected chi connectivity index (χ2v) is 9.16. The standard InChI is InChI=1S/C25H28Cl2N4O3/c1-16(2)6-7-31-8-9-33-18(13-31)14-34-24-12-22-19(11-23(24)32-3)25(29-15-28-22)30-17-4-5-20(26)21(27)10-17/h4-6,10-12,15,18H,7-9,13-14H2,1-3H3,(H,28,29,30). The van der Waals surface area contributed by atoms with Crippen LogP contribution in [0.4, 0.5) is 11.5 Å². The van der Waals surface area contributed by atoms with Crippen LogP contribution in [0.15, 0.2) is 48.3 Å². The van der Waals surface area contributed by atoms with E-state index in [9.17, 15) is 0 Å². The van der Waals surface area contributed by atoms with Crippen LogP contribution >= 0.6 is 23.2 Å². The Balaban J connectivity index is 1.50. The summed E-state index contributed by atoms with van der Waals surface area (Å²) in [6.45, 7) is 8.01. The molecule has 180 valence electrons. The lowest BCUT2D eigenvalue weighted by atomic mass is 10.2. The van der Waals surface area contributed by atoms with Gasteiger partial charge in [0, 0.05) is 36.8 Å². The molecule has 34 heavy (non-hydrogen) atoms. The van der Waals surface area contributed by atoms with Gasteiger partial charge in [0.15, 0.2) is 11.5 Å². The number of fused-ring (bicyclic) bond motifs is 1. The fraction of sp³-hybridized carbons (Fsp3) is 0.360. The van der Waals surface area contributed by atoms with Crippen LogP contribution in [0, 0.1) is 0 Å². The molecule has 0 spiro atoms. The van der Waals surface area contributed by atoms with Crippen molar-refractivity contribution in [1.82, 2.24) is 14.9 Å². The lowest BCUT2D eigenvalue weighted by Crippen LogP contribution is -2.44. The van der Waals surface area contributed by atoms with Gasteiger partial charge in [-0.1, -0.05) is 34.9 Å². The van der Waals surface area contributed by atoms with Crippen molar-refractivity contribution >= 4 is 45.6 Å². The third-order valence-corrected chi connectivity index (χ3v) is 6.25. The Morgan fingerprint density at radius 2 is 2.03 bits per heavy atom. The molecule has 1 N–H and O–H groups in total. The molecule has 1 atom stereocenters. The first-order chi connectivity index (χ1) is 16.4. The number of nitrogens with zero attached hydrogens (tertiary/aromatic N) is 3. The highest BCUT2D eigenvalue weighted by molar-refractivity contribution is 6.42. The molecule has 2 aromatic carbocycles. The number of morpholine rings is 1. The van der Waals surface area contributed by atoms with E-state index < -0.39 is 0 Å². The van der Waals surface area contributed by atoms with Gasteiger partial charge in [0.05, 0.1) is 29.3 Å². The van der Waals surface area contributed by atoms with E-state index in [1.807, 2.05) is 18.2 Å². The average molecular weight is 503 g/mol. The summed E-state index contributed by atoms with van der Waals surface area (Å²) in [4.78, 5) is 11.2. The van der Waals surface area contributed by atoms with E-state index in [-0.39, 0.29) is 6.10 Å². The Kier molecular flexibility index (Phi) is 8.11. The highest BCUT2D eigenvalue weighted by atomic mass is 35.5. The predicted molar refractivity (Wildman–Crippen MR) is 137 cm³/mol. The van der Waals surface area contributed by atoms with Gasteiger partial charge in [-0.3, -0.25) is 4.90 Å². The molecule has 2 heterocycles. The molecule has 0 aliphatic carbocycles. The van der Waals surface area contributed by atoms with Crippen LogP contribution in [0.1, 0.15) is 13.8 Å². The summed E-state index contributed by atoms with van der Waals surface area (Å²) in [7, 11) is 1.61. The van der Waals surface area contributed by atoms with E-state index in [0.29, 0.717) is 40.6 Å². The molecule has 7 nitrogen and oxygen atoms in total. The van der Waals surface area contributed by atoms with Gasteiger partial charge >= 0.3 is 0 Å². The van der Waals surface area contributed by atoms with Gasteiger partial charge in [-0.15, -0.1) is 0 Å². The molecule has 1 aliphatic heterocycles. The Morgan fingerprint density at radius 3 is 2.79 bits per heavy atom. The summed E-state index contributed by atoms with van der Waals surface area (Å²) in [5.74, 6) is 1.83. The Bertz CT molecular complexity index is 1180. The fourth-order valence-electron chi connectivity index (χ4n) is 3.69. The number of anilines is 2. The van der Waals surface area contributed by atoms with Crippen molar-refractivity contribution in [1.29, 1.82) is 0 Å². The van der Waals surface area contributed by atoms with Crippen molar-refractivity contribution < 1.29 is 14.2 Å². The van der Waals surface area contributed by atoms with E-state index in [0.717, 1.165) is 36.2 Å². The number of nitrogens with one attached hydrogen (secondary N) is 1. The first-order valence-corrected chi connectivity index (χ1v) is 11.8. The monoisotopic (exact) mass is 502 g/mol. The molecule has 1 aliphatic rings. The molecular formula is C25H28Cl2N4O3. The smallest absolute Gasteiger partial charge is 0.163 e. The molecule has 9 heteroatoms. The number of halogens is 2. The maximum absolute atomic E-state index is 6.15.